The Labute approximate surface area is 115 Å². The van der Waals surface area contributed by atoms with E-state index in [0.717, 1.165) is 18.7 Å². The van der Waals surface area contributed by atoms with Crippen LogP contribution in [0.1, 0.15) is 26.3 Å². The van der Waals surface area contributed by atoms with Gasteiger partial charge in [-0.15, -0.1) is 6.42 Å². The van der Waals surface area contributed by atoms with Crippen molar-refractivity contribution in [2.45, 2.75) is 37.8 Å². The number of rotatable bonds is 6. The lowest BCUT2D eigenvalue weighted by atomic mass is 10.1. The zero-order valence-corrected chi connectivity index (χ0v) is 12.3. The smallest absolute Gasteiger partial charge is 0.241 e. The standard InChI is InChI=1S/C14H20N2O2S/c1-5-14(3,4)16-19(17,18)13-9-7-12(8-10-13)11-15-6-2/h1,7-10,15-16H,6,11H2,2-4H3. The van der Waals surface area contributed by atoms with Crippen LogP contribution in [-0.4, -0.2) is 20.5 Å². The molecule has 0 bridgehead atoms. The average Bonchev–Trinajstić information content (AvgIpc) is 2.35. The summed E-state index contributed by atoms with van der Waals surface area (Å²) in [6.07, 6.45) is 5.29. The Morgan fingerprint density at radius 3 is 2.32 bits per heavy atom. The molecule has 0 amide bonds. The van der Waals surface area contributed by atoms with Gasteiger partial charge in [-0.25, -0.2) is 8.42 Å². The normalized spacial score (nSPS) is 12.1. The molecule has 0 saturated heterocycles. The number of hydrogen-bond acceptors (Lipinski definition) is 3. The van der Waals surface area contributed by atoms with Crippen LogP contribution in [0.15, 0.2) is 29.2 Å². The van der Waals surface area contributed by atoms with Crippen molar-refractivity contribution in [2.24, 2.45) is 0 Å². The second kappa shape index (κ2) is 6.20. The third kappa shape index (κ3) is 4.67. The third-order valence-corrected chi connectivity index (χ3v) is 4.23. The second-order valence-corrected chi connectivity index (χ2v) is 6.48. The third-order valence-electron chi connectivity index (χ3n) is 2.56. The highest BCUT2D eigenvalue weighted by molar-refractivity contribution is 7.89. The molecule has 5 heteroatoms. The minimum absolute atomic E-state index is 0.219. The van der Waals surface area contributed by atoms with Crippen LogP contribution in [0.4, 0.5) is 0 Å². The van der Waals surface area contributed by atoms with E-state index in [9.17, 15) is 8.42 Å². The SMILES string of the molecule is C#CC(C)(C)NS(=O)(=O)c1ccc(CNCC)cc1. The molecule has 1 aromatic rings. The van der Waals surface area contributed by atoms with Gasteiger partial charge in [-0.3, -0.25) is 0 Å². The monoisotopic (exact) mass is 280 g/mol. The van der Waals surface area contributed by atoms with E-state index in [1.54, 1.807) is 38.1 Å². The molecule has 0 aliphatic carbocycles. The van der Waals surface area contributed by atoms with Crippen molar-refractivity contribution in [2.75, 3.05) is 6.54 Å². The highest BCUT2D eigenvalue weighted by Gasteiger charge is 2.23. The highest BCUT2D eigenvalue weighted by Crippen LogP contribution is 2.13. The number of sulfonamides is 1. The van der Waals surface area contributed by atoms with Crippen LogP contribution in [0.2, 0.25) is 0 Å². The molecule has 0 heterocycles. The second-order valence-electron chi connectivity index (χ2n) is 4.80. The summed E-state index contributed by atoms with van der Waals surface area (Å²) in [6, 6.07) is 6.75. The lowest BCUT2D eigenvalue weighted by Crippen LogP contribution is -2.41. The van der Waals surface area contributed by atoms with Gasteiger partial charge < -0.3 is 5.32 Å². The van der Waals surface area contributed by atoms with Crippen molar-refractivity contribution in [3.63, 3.8) is 0 Å². The van der Waals surface area contributed by atoms with Gasteiger partial charge in [0.05, 0.1) is 10.4 Å². The largest absolute Gasteiger partial charge is 0.313 e. The molecule has 19 heavy (non-hydrogen) atoms. The van der Waals surface area contributed by atoms with E-state index in [0.29, 0.717) is 0 Å². The quantitative estimate of drug-likeness (QED) is 0.776. The van der Waals surface area contributed by atoms with Crippen molar-refractivity contribution >= 4 is 10.0 Å². The van der Waals surface area contributed by atoms with Gasteiger partial charge in [-0.2, -0.15) is 4.72 Å². The van der Waals surface area contributed by atoms with E-state index in [1.165, 1.54) is 0 Å². The molecule has 1 aromatic carbocycles. The molecule has 0 unspecified atom stereocenters. The molecule has 0 atom stereocenters. The minimum atomic E-state index is -3.58. The maximum absolute atomic E-state index is 12.1. The van der Waals surface area contributed by atoms with Gasteiger partial charge in [0, 0.05) is 6.54 Å². The maximum atomic E-state index is 12.1. The first-order chi connectivity index (χ1) is 8.80. The van der Waals surface area contributed by atoms with Crippen LogP contribution in [0.5, 0.6) is 0 Å². The Bertz CT molecular complexity index is 554. The van der Waals surface area contributed by atoms with Gasteiger partial charge in [0.15, 0.2) is 0 Å². The van der Waals surface area contributed by atoms with Gasteiger partial charge in [-0.1, -0.05) is 25.0 Å². The summed E-state index contributed by atoms with van der Waals surface area (Å²) in [5.74, 6) is 2.41. The molecule has 0 fully saturated rings. The van der Waals surface area contributed by atoms with E-state index >= 15 is 0 Å². The summed E-state index contributed by atoms with van der Waals surface area (Å²) in [6.45, 7) is 6.90. The Morgan fingerprint density at radius 1 is 1.26 bits per heavy atom. The van der Waals surface area contributed by atoms with Crippen molar-refractivity contribution in [3.05, 3.63) is 29.8 Å². The Morgan fingerprint density at radius 2 is 1.84 bits per heavy atom. The van der Waals surface area contributed by atoms with Crippen LogP contribution in [0.25, 0.3) is 0 Å². The number of hydrogen-bond donors (Lipinski definition) is 2. The Hall–Kier alpha value is -1.35. The summed E-state index contributed by atoms with van der Waals surface area (Å²) in [5.41, 5.74) is 0.137. The molecule has 0 saturated carbocycles. The lowest BCUT2D eigenvalue weighted by Gasteiger charge is -2.19. The van der Waals surface area contributed by atoms with E-state index in [4.69, 9.17) is 6.42 Å². The fraction of sp³-hybridized carbons (Fsp3) is 0.429. The molecule has 0 spiro atoms. The van der Waals surface area contributed by atoms with Gasteiger partial charge in [0.2, 0.25) is 10.0 Å². The van der Waals surface area contributed by atoms with Crippen LogP contribution in [-0.2, 0) is 16.6 Å². The van der Waals surface area contributed by atoms with Crippen LogP contribution in [0.3, 0.4) is 0 Å². The van der Waals surface area contributed by atoms with Gasteiger partial charge in [0.25, 0.3) is 0 Å². The van der Waals surface area contributed by atoms with Crippen LogP contribution < -0.4 is 10.0 Å². The lowest BCUT2D eigenvalue weighted by molar-refractivity contribution is 0.539. The first-order valence-corrected chi connectivity index (χ1v) is 7.60. The molecule has 2 N–H and O–H groups in total. The van der Waals surface area contributed by atoms with E-state index in [2.05, 4.69) is 16.0 Å². The Balaban J connectivity index is 2.89. The average molecular weight is 280 g/mol. The van der Waals surface area contributed by atoms with Crippen LogP contribution in [0, 0.1) is 12.3 Å². The number of terminal acetylenes is 1. The molecule has 0 aliphatic heterocycles. The first kappa shape index (κ1) is 15.7. The summed E-state index contributed by atoms with van der Waals surface area (Å²) in [7, 11) is -3.58. The fourth-order valence-corrected chi connectivity index (χ4v) is 2.82. The van der Waals surface area contributed by atoms with Crippen LogP contribution >= 0.6 is 0 Å². The molecular formula is C14H20N2O2S. The molecule has 0 aromatic heterocycles. The van der Waals surface area contributed by atoms with Crippen molar-refractivity contribution < 1.29 is 8.42 Å². The van der Waals surface area contributed by atoms with E-state index < -0.39 is 15.6 Å². The summed E-state index contributed by atoms with van der Waals surface area (Å²) >= 11 is 0. The molecule has 4 nitrogen and oxygen atoms in total. The zero-order valence-electron chi connectivity index (χ0n) is 11.5. The van der Waals surface area contributed by atoms with Crippen molar-refractivity contribution in [1.29, 1.82) is 0 Å². The van der Waals surface area contributed by atoms with E-state index in [-0.39, 0.29) is 4.90 Å². The minimum Gasteiger partial charge on any atom is -0.313 e. The molecule has 0 aliphatic rings. The molecule has 104 valence electrons. The van der Waals surface area contributed by atoms with Crippen molar-refractivity contribution in [1.82, 2.24) is 10.0 Å². The predicted octanol–water partition coefficient (Wildman–Crippen LogP) is 1.49. The first-order valence-electron chi connectivity index (χ1n) is 6.12. The maximum Gasteiger partial charge on any atom is 0.241 e. The number of benzene rings is 1. The Kier molecular flexibility index (Phi) is 5.12. The summed E-state index contributed by atoms with van der Waals surface area (Å²) in [4.78, 5) is 0.219. The van der Waals surface area contributed by atoms with E-state index in [1.807, 2.05) is 6.92 Å². The highest BCUT2D eigenvalue weighted by atomic mass is 32.2. The summed E-state index contributed by atoms with van der Waals surface area (Å²) < 4.78 is 26.7. The number of nitrogens with one attached hydrogen (secondary N) is 2. The van der Waals surface area contributed by atoms with Crippen molar-refractivity contribution in [3.8, 4) is 12.3 Å². The van der Waals surface area contributed by atoms with Gasteiger partial charge >= 0.3 is 0 Å². The van der Waals surface area contributed by atoms with Gasteiger partial charge in [-0.05, 0) is 38.1 Å². The predicted molar refractivity (Wildman–Crippen MR) is 77.1 cm³/mol. The topological polar surface area (TPSA) is 58.2 Å². The van der Waals surface area contributed by atoms with Gasteiger partial charge in [0.1, 0.15) is 0 Å². The zero-order chi connectivity index (χ0) is 14.5. The summed E-state index contributed by atoms with van der Waals surface area (Å²) in [5, 5.41) is 3.18. The molecule has 1 rings (SSSR count). The molecular weight excluding hydrogens is 260 g/mol. The molecule has 0 radical (unpaired) electrons. The fourth-order valence-electron chi connectivity index (χ4n) is 1.48.